The fraction of sp³-hybridized carbons (Fsp3) is 0.250. The summed E-state index contributed by atoms with van der Waals surface area (Å²) >= 11 is 0.929. The van der Waals surface area contributed by atoms with Gasteiger partial charge in [0.05, 0.1) is 44.4 Å². The molecule has 0 aliphatic carbocycles. The van der Waals surface area contributed by atoms with Gasteiger partial charge in [-0.25, -0.2) is 9.78 Å². The number of aromatic nitrogens is 1. The number of furan rings is 1. The van der Waals surface area contributed by atoms with Crippen LogP contribution in [0.4, 0.5) is 5.13 Å². The lowest BCUT2D eigenvalue weighted by Crippen LogP contribution is -2.31. The van der Waals surface area contributed by atoms with Gasteiger partial charge in [-0.05, 0) is 43.7 Å². The number of Topliss-reactive ketones (excluding diaryl/α,β-unsaturated/α-hetero) is 1. The molecule has 11 heteroatoms. The lowest BCUT2D eigenvalue weighted by Gasteiger charge is -2.25. The van der Waals surface area contributed by atoms with Gasteiger partial charge < -0.3 is 23.7 Å². The number of esters is 1. The van der Waals surface area contributed by atoms with Crippen LogP contribution >= 0.6 is 11.3 Å². The zero-order chi connectivity index (χ0) is 25.3. The molecule has 1 amide bonds. The van der Waals surface area contributed by atoms with Crippen molar-refractivity contribution in [1.29, 1.82) is 0 Å². The van der Waals surface area contributed by atoms with Crippen molar-refractivity contribution in [3.63, 3.8) is 0 Å². The van der Waals surface area contributed by atoms with Crippen molar-refractivity contribution >= 4 is 34.1 Å². The van der Waals surface area contributed by atoms with Gasteiger partial charge in [-0.2, -0.15) is 0 Å². The van der Waals surface area contributed by atoms with Gasteiger partial charge in [0.25, 0.3) is 5.91 Å². The normalized spacial score (nSPS) is 15.5. The second-order valence-corrected chi connectivity index (χ2v) is 8.37. The van der Waals surface area contributed by atoms with E-state index >= 15 is 0 Å². The molecular formula is C24H22N2O8S. The first kappa shape index (κ1) is 24.0. The average molecular weight is 499 g/mol. The number of ketones is 1. The summed E-state index contributed by atoms with van der Waals surface area (Å²) in [6, 6.07) is 6.75. The van der Waals surface area contributed by atoms with Crippen LogP contribution in [0.1, 0.15) is 44.4 Å². The quantitative estimate of drug-likeness (QED) is 0.362. The maximum absolute atomic E-state index is 13.3. The van der Waals surface area contributed by atoms with Crippen LogP contribution in [0.15, 0.2) is 52.3 Å². The number of ether oxygens (including phenoxy) is 3. The number of nitrogens with zero attached hydrogens (tertiary/aromatic N) is 2. The minimum absolute atomic E-state index is 0.0470. The van der Waals surface area contributed by atoms with E-state index in [1.165, 1.54) is 37.5 Å². The molecule has 4 rings (SSSR count). The summed E-state index contributed by atoms with van der Waals surface area (Å²) in [5.74, 6) is -2.08. The summed E-state index contributed by atoms with van der Waals surface area (Å²) in [6.45, 7) is 3.47. The maximum atomic E-state index is 13.3. The monoisotopic (exact) mass is 498 g/mol. The van der Waals surface area contributed by atoms with Crippen LogP contribution in [0.25, 0.3) is 0 Å². The van der Waals surface area contributed by atoms with Gasteiger partial charge in [-0.1, -0.05) is 17.4 Å². The number of carbonyl (C=O) groups is 3. The molecule has 0 radical (unpaired) electrons. The summed E-state index contributed by atoms with van der Waals surface area (Å²) in [6.07, 6.45) is 1.32. The summed E-state index contributed by atoms with van der Waals surface area (Å²) in [5, 5.41) is 11.0. The molecule has 0 saturated carbocycles. The number of rotatable bonds is 8. The largest absolute Gasteiger partial charge is 0.503 e. The number of thiazole rings is 1. The number of hydrogen-bond donors (Lipinski definition) is 1. The van der Waals surface area contributed by atoms with E-state index in [-0.39, 0.29) is 27.9 Å². The minimum Gasteiger partial charge on any atom is -0.503 e. The highest BCUT2D eigenvalue weighted by atomic mass is 32.1. The average Bonchev–Trinajstić information content (AvgIpc) is 3.58. The third-order valence-electron chi connectivity index (χ3n) is 5.37. The van der Waals surface area contributed by atoms with Crippen molar-refractivity contribution in [1.82, 2.24) is 4.98 Å². The Kier molecular flexibility index (Phi) is 6.61. The van der Waals surface area contributed by atoms with Crippen molar-refractivity contribution < 1.29 is 38.1 Å². The molecule has 1 aliphatic rings. The number of benzene rings is 1. The van der Waals surface area contributed by atoms with E-state index in [0.717, 1.165) is 11.3 Å². The molecule has 10 nitrogen and oxygen atoms in total. The lowest BCUT2D eigenvalue weighted by molar-refractivity contribution is -0.117. The molecule has 0 bridgehead atoms. The zero-order valence-corrected chi connectivity index (χ0v) is 20.2. The summed E-state index contributed by atoms with van der Waals surface area (Å²) in [7, 11) is 2.94. The second kappa shape index (κ2) is 9.63. The first-order valence-corrected chi connectivity index (χ1v) is 11.3. The van der Waals surface area contributed by atoms with E-state index in [1.807, 2.05) is 0 Å². The van der Waals surface area contributed by atoms with E-state index in [2.05, 4.69) is 4.98 Å². The van der Waals surface area contributed by atoms with E-state index in [1.54, 1.807) is 32.0 Å². The second-order valence-electron chi connectivity index (χ2n) is 7.39. The van der Waals surface area contributed by atoms with Crippen LogP contribution in [0.5, 0.6) is 11.5 Å². The van der Waals surface area contributed by atoms with Crippen LogP contribution in [0.3, 0.4) is 0 Å². The van der Waals surface area contributed by atoms with E-state index in [9.17, 15) is 19.5 Å². The molecule has 0 unspecified atom stereocenters. The third kappa shape index (κ3) is 4.14. The predicted octanol–water partition coefficient (Wildman–Crippen LogP) is 4.02. The molecule has 0 saturated heterocycles. The maximum Gasteiger partial charge on any atom is 0.350 e. The Bertz CT molecular complexity index is 1330. The number of carbonyl (C=O) groups excluding carboxylic acids is 3. The van der Waals surface area contributed by atoms with Crippen molar-refractivity contribution in [2.24, 2.45) is 0 Å². The molecule has 3 aromatic rings. The van der Waals surface area contributed by atoms with Gasteiger partial charge in [0.2, 0.25) is 5.78 Å². The van der Waals surface area contributed by atoms with Gasteiger partial charge in [0.15, 0.2) is 28.1 Å². The van der Waals surface area contributed by atoms with Crippen molar-refractivity contribution in [3.8, 4) is 11.5 Å². The number of aliphatic hydroxyl groups excluding tert-OH is 1. The number of methoxy groups -OCH3 is 2. The SMILES string of the molecule is CCOC(=O)c1sc(N2C(=O)C(O)=C(C(=O)c3ccco3)[C@H]2c2ccc(OC)c(OC)c2)nc1C. The number of amides is 1. The Labute approximate surface area is 204 Å². The van der Waals surface area contributed by atoms with Crippen LogP contribution in [-0.4, -0.2) is 48.6 Å². The Hall–Kier alpha value is -4.12. The molecule has 0 spiro atoms. The Morgan fingerprint density at radius 1 is 1.20 bits per heavy atom. The van der Waals surface area contributed by atoms with Crippen LogP contribution < -0.4 is 14.4 Å². The fourth-order valence-corrected chi connectivity index (χ4v) is 4.77. The summed E-state index contributed by atoms with van der Waals surface area (Å²) in [4.78, 5) is 44.8. The molecule has 1 N–H and O–H groups in total. The van der Waals surface area contributed by atoms with Crippen molar-refractivity contribution in [2.45, 2.75) is 19.9 Å². The molecule has 0 fully saturated rings. The van der Waals surface area contributed by atoms with E-state index in [4.69, 9.17) is 18.6 Å². The van der Waals surface area contributed by atoms with E-state index in [0.29, 0.717) is 22.8 Å². The topological polar surface area (TPSA) is 128 Å². The molecule has 1 atom stereocenters. The van der Waals surface area contributed by atoms with Crippen molar-refractivity contribution in [3.05, 3.63) is 69.8 Å². The third-order valence-corrected chi connectivity index (χ3v) is 6.51. The van der Waals surface area contributed by atoms with Crippen LogP contribution in [-0.2, 0) is 9.53 Å². The number of aliphatic hydroxyl groups is 1. The Morgan fingerprint density at radius 3 is 2.57 bits per heavy atom. The van der Waals surface area contributed by atoms with E-state index < -0.39 is 29.5 Å². The number of hydrogen-bond acceptors (Lipinski definition) is 10. The predicted molar refractivity (Wildman–Crippen MR) is 125 cm³/mol. The fourth-order valence-electron chi connectivity index (χ4n) is 3.78. The van der Waals surface area contributed by atoms with Gasteiger partial charge in [-0.3, -0.25) is 14.5 Å². The van der Waals surface area contributed by atoms with Crippen LogP contribution in [0.2, 0.25) is 0 Å². The summed E-state index contributed by atoms with van der Waals surface area (Å²) in [5.41, 5.74) is 0.607. The van der Waals surface area contributed by atoms with Crippen molar-refractivity contribution in [2.75, 3.05) is 25.7 Å². The highest BCUT2D eigenvalue weighted by Crippen LogP contribution is 2.45. The minimum atomic E-state index is -1.08. The van der Waals surface area contributed by atoms with Crippen LogP contribution in [0, 0.1) is 6.92 Å². The molecule has 182 valence electrons. The Balaban J connectivity index is 1.88. The first-order chi connectivity index (χ1) is 16.8. The molecule has 3 heterocycles. The number of anilines is 1. The molecule has 2 aromatic heterocycles. The molecular weight excluding hydrogens is 476 g/mol. The van der Waals surface area contributed by atoms with Gasteiger partial charge >= 0.3 is 5.97 Å². The standard InChI is InChI=1S/C24H22N2O8S/c1-5-33-23(30)21-12(2)25-24(35-21)26-18(13-8-9-14(31-3)16(11-13)32-4)17(20(28)22(26)29)19(27)15-7-6-10-34-15/h6-11,18,28H,5H2,1-4H3/t18-/m1/s1. The highest BCUT2D eigenvalue weighted by Gasteiger charge is 2.47. The van der Waals surface area contributed by atoms with Gasteiger partial charge in [0.1, 0.15) is 4.88 Å². The first-order valence-electron chi connectivity index (χ1n) is 10.5. The van der Waals surface area contributed by atoms with Gasteiger partial charge in [0, 0.05) is 0 Å². The highest BCUT2D eigenvalue weighted by molar-refractivity contribution is 7.17. The van der Waals surface area contributed by atoms with Gasteiger partial charge in [-0.15, -0.1) is 0 Å². The molecule has 35 heavy (non-hydrogen) atoms. The number of aryl methyl sites for hydroxylation is 1. The molecule has 1 aliphatic heterocycles. The zero-order valence-electron chi connectivity index (χ0n) is 19.4. The summed E-state index contributed by atoms with van der Waals surface area (Å²) < 4.78 is 21.0. The lowest BCUT2D eigenvalue weighted by atomic mass is 9.95. The Morgan fingerprint density at radius 2 is 1.94 bits per heavy atom. The smallest absolute Gasteiger partial charge is 0.350 e. The molecule has 1 aromatic carbocycles.